The Morgan fingerprint density at radius 3 is 2.07 bits per heavy atom. The SMILES string of the molecule is CS(=O)(=O)c1cc(C(F)(F)F)ccc1C(=O)c1cnoc1C1CC1.Nc1c([N+](=O)[O-])cnn1-c1c(Cl)cc(C(F)(F)F)cc1Cl. The summed E-state index contributed by atoms with van der Waals surface area (Å²) in [4.78, 5) is 21.9. The molecule has 11 nitrogen and oxygen atoms in total. The normalized spacial score (nSPS) is 13.7. The van der Waals surface area contributed by atoms with E-state index in [9.17, 15) is 49.7 Å². The van der Waals surface area contributed by atoms with Gasteiger partial charge in [-0.2, -0.15) is 31.4 Å². The average Bonchev–Trinajstić information content (AvgIpc) is 3.52. The Hall–Kier alpha value is -4.16. The first kappa shape index (κ1) is 33.7. The van der Waals surface area contributed by atoms with Gasteiger partial charge in [-0.1, -0.05) is 28.4 Å². The van der Waals surface area contributed by atoms with Gasteiger partial charge < -0.3 is 10.3 Å². The second-order valence-electron chi connectivity index (χ2n) is 9.56. The quantitative estimate of drug-likeness (QED) is 0.0976. The molecule has 1 saturated carbocycles. The van der Waals surface area contributed by atoms with Crippen molar-refractivity contribution in [2.45, 2.75) is 36.0 Å². The Bertz CT molecular complexity index is 1900. The molecule has 4 aromatic rings. The van der Waals surface area contributed by atoms with Crippen LogP contribution in [0, 0.1) is 10.1 Å². The number of rotatable bonds is 6. The molecule has 240 valence electrons. The number of carbonyl (C=O) groups excluding carboxylic acids is 1. The van der Waals surface area contributed by atoms with Gasteiger partial charge in [0.1, 0.15) is 11.9 Å². The minimum absolute atomic E-state index is 0.0441. The maximum absolute atomic E-state index is 12.8. The third-order valence-electron chi connectivity index (χ3n) is 6.28. The van der Waals surface area contributed by atoms with Gasteiger partial charge in [-0.3, -0.25) is 14.9 Å². The number of aromatic nitrogens is 3. The Kier molecular flexibility index (Phi) is 8.98. The van der Waals surface area contributed by atoms with Crippen LogP contribution < -0.4 is 5.73 Å². The van der Waals surface area contributed by atoms with Crippen LogP contribution >= 0.6 is 23.2 Å². The average molecular weight is 700 g/mol. The van der Waals surface area contributed by atoms with Crippen LogP contribution in [0.2, 0.25) is 10.0 Å². The molecular weight excluding hydrogens is 683 g/mol. The Labute approximate surface area is 258 Å². The van der Waals surface area contributed by atoms with E-state index >= 15 is 0 Å². The van der Waals surface area contributed by atoms with E-state index < -0.39 is 60.4 Å². The molecule has 2 heterocycles. The van der Waals surface area contributed by atoms with Crippen LogP contribution in [0.1, 0.15) is 51.6 Å². The number of hydrogen-bond donors (Lipinski definition) is 1. The molecule has 1 fully saturated rings. The van der Waals surface area contributed by atoms with Gasteiger partial charge in [-0.15, -0.1) is 0 Å². The van der Waals surface area contributed by atoms with Crippen LogP contribution in [0.4, 0.5) is 37.8 Å². The van der Waals surface area contributed by atoms with E-state index in [2.05, 4.69) is 10.3 Å². The third kappa shape index (κ3) is 7.23. The zero-order valence-corrected chi connectivity index (χ0v) is 24.6. The fraction of sp³-hybridized carbons (Fsp3) is 0.240. The van der Waals surface area contributed by atoms with Gasteiger partial charge in [0.15, 0.2) is 21.4 Å². The Balaban J connectivity index is 0.000000207. The standard InChI is InChI=1S/C15H12F3NO4S.C10H5Cl2F3N4O2/c1-24(21,22)12-6-9(15(16,17)18)4-5-10(12)13(20)11-7-19-23-14(11)8-2-3-8;11-5-1-4(10(13,14)15)2-6(12)8(5)18-9(16)7(3-17-18)19(20)21/h4-8H,2-3H2,1H3;1-3H,16H2. The molecule has 45 heavy (non-hydrogen) atoms. The number of ketones is 1. The van der Waals surface area contributed by atoms with E-state index in [0.717, 1.165) is 36.0 Å². The first-order valence-electron chi connectivity index (χ1n) is 12.2. The lowest BCUT2D eigenvalue weighted by Crippen LogP contribution is -2.13. The Morgan fingerprint density at radius 2 is 1.60 bits per heavy atom. The zero-order valence-electron chi connectivity index (χ0n) is 22.3. The maximum Gasteiger partial charge on any atom is 0.416 e. The van der Waals surface area contributed by atoms with E-state index in [-0.39, 0.29) is 32.8 Å². The minimum Gasteiger partial charge on any atom is -0.378 e. The number of nitro groups is 1. The number of carbonyl (C=O) groups is 1. The molecule has 5 rings (SSSR count). The second kappa shape index (κ2) is 12.0. The molecule has 0 spiro atoms. The Morgan fingerprint density at radius 1 is 1.02 bits per heavy atom. The molecule has 2 N–H and O–H groups in total. The molecule has 0 saturated heterocycles. The van der Waals surface area contributed by atoms with Gasteiger partial charge >= 0.3 is 18.0 Å². The van der Waals surface area contributed by atoms with Crippen molar-refractivity contribution in [2.24, 2.45) is 0 Å². The van der Waals surface area contributed by atoms with Crippen molar-refractivity contribution < 1.29 is 49.0 Å². The molecular formula is C25H17Cl2F6N5O6S. The van der Waals surface area contributed by atoms with Gasteiger partial charge in [0.25, 0.3) is 0 Å². The van der Waals surface area contributed by atoms with Gasteiger partial charge in [0.2, 0.25) is 5.82 Å². The number of halogens is 8. The van der Waals surface area contributed by atoms with Crippen LogP contribution in [0.3, 0.4) is 0 Å². The third-order valence-corrected chi connectivity index (χ3v) is 8.00. The van der Waals surface area contributed by atoms with Crippen LogP contribution in [0.15, 0.2) is 52.1 Å². The topological polar surface area (TPSA) is 164 Å². The van der Waals surface area contributed by atoms with Crippen molar-refractivity contribution in [1.82, 2.24) is 14.9 Å². The van der Waals surface area contributed by atoms with Crippen molar-refractivity contribution in [3.05, 3.63) is 90.9 Å². The molecule has 20 heteroatoms. The number of hydrogen-bond acceptors (Lipinski definition) is 9. The summed E-state index contributed by atoms with van der Waals surface area (Å²) in [7, 11) is -4.04. The number of nitrogen functional groups attached to an aromatic ring is 1. The molecule has 0 bridgehead atoms. The molecule has 1 aliphatic carbocycles. The molecule has 0 aliphatic heterocycles. The van der Waals surface area contributed by atoms with Crippen molar-refractivity contribution >= 4 is 50.3 Å². The molecule has 2 aromatic heterocycles. The van der Waals surface area contributed by atoms with E-state index in [1.807, 2.05) is 0 Å². The van der Waals surface area contributed by atoms with Crippen molar-refractivity contribution in [2.75, 3.05) is 12.0 Å². The monoisotopic (exact) mass is 699 g/mol. The van der Waals surface area contributed by atoms with Crippen LogP contribution in [-0.2, 0) is 22.2 Å². The van der Waals surface area contributed by atoms with Gasteiger partial charge in [0, 0.05) is 17.7 Å². The second-order valence-corrected chi connectivity index (χ2v) is 12.4. The minimum atomic E-state index is -4.71. The van der Waals surface area contributed by atoms with Gasteiger partial charge in [-0.05, 0) is 43.2 Å². The zero-order chi connectivity index (χ0) is 33.6. The molecule has 1 aliphatic rings. The molecule has 2 aromatic carbocycles. The highest BCUT2D eigenvalue weighted by atomic mass is 35.5. The lowest BCUT2D eigenvalue weighted by Gasteiger charge is -2.12. The summed E-state index contributed by atoms with van der Waals surface area (Å²) in [6, 6.07) is 3.32. The van der Waals surface area contributed by atoms with Crippen molar-refractivity contribution in [3.63, 3.8) is 0 Å². The molecule has 0 amide bonds. The fourth-order valence-electron chi connectivity index (χ4n) is 4.00. The first-order chi connectivity index (χ1) is 20.7. The predicted molar refractivity (Wildman–Crippen MR) is 146 cm³/mol. The van der Waals surface area contributed by atoms with E-state index in [0.29, 0.717) is 30.0 Å². The summed E-state index contributed by atoms with van der Waals surface area (Å²) in [5.41, 5.74) is 2.41. The van der Waals surface area contributed by atoms with Crippen LogP contribution in [0.5, 0.6) is 0 Å². The number of benzene rings is 2. The molecule has 0 unspecified atom stereocenters. The number of alkyl halides is 6. The van der Waals surface area contributed by atoms with Crippen LogP contribution in [0.25, 0.3) is 5.69 Å². The first-order valence-corrected chi connectivity index (χ1v) is 14.8. The van der Waals surface area contributed by atoms with E-state index in [1.165, 1.54) is 6.20 Å². The lowest BCUT2D eigenvalue weighted by atomic mass is 10.0. The highest BCUT2D eigenvalue weighted by Crippen LogP contribution is 2.43. The highest BCUT2D eigenvalue weighted by Gasteiger charge is 2.36. The fourth-order valence-corrected chi connectivity index (χ4v) is 5.55. The van der Waals surface area contributed by atoms with Crippen molar-refractivity contribution in [3.8, 4) is 5.69 Å². The van der Waals surface area contributed by atoms with E-state index in [1.54, 1.807) is 0 Å². The van der Waals surface area contributed by atoms with Gasteiger partial charge in [0.05, 0.1) is 42.8 Å². The molecule has 0 atom stereocenters. The summed E-state index contributed by atoms with van der Waals surface area (Å²) in [6.45, 7) is 0. The molecule has 0 radical (unpaired) electrons. The number of nitrogens with two attached hydrogens (primary N) is 1. The summed E-state index contributed by atoms with van der Waals surface area (Å²) < 4.78 is 106. The van der Waals surface area contributed by atoms with Gasteiger partial charge in [-0.25, -0.2) is 13.1 Å². The number of sulfone groups is 1. The highest BCUT2D eigenvalue weighted by molar-refractivity contribution is 7.90. The number of nitrogens with zero attached hydrogens (tertiary/aromatic N) is 4. The smallest absolute Gasteiger partial charge is 0.378 e. The summed E-state index contributed by atoms with van der Waals surface area (Å²) in [6.07, 6.45) is -4.93. The van der Waals surface area contributed by atoms with Crippen LogP contribution in [-0.4, -0.2) is 40.3 Å². The summed E-state index contributed by atoms with van der Waals surface area (Å²) in [5.74, 6) is -0.724. The number of anilines is 1. The van der Waals surface area contributed by atoms with E-state index in [4.69, 9.17) is 33.5 Å². The summed E-state index contributed by atoms with van der Waals surface area (Å²) >= 11 is 11.5. The predicted octanol–water partition coefficient (Wildman–Crippen LogP) is 6.89. The lowest BCUT2D eigenvalue weighted by molar-refractivity contribution is -0.383. The maximum atomic E-state index is 12.8. The van der Waals surface area contributed by atoms with Crippen molar-refractivity contribution in [1.29, 1.82) is 0 Å². The summed E-state index contributed by atoms with van der Waals surface area (Å²) in [5, 5.41) is 17.1. The largest absolute Gasteiger partial charge is 0.416 e.